The van der Waals surface area contributed by atoms with Crippen LogP contribution >= 0.6 is 39.0 Å². The van der Waals surface area contributed by atoms with E-state index in [1.807, 2.05) is 24.3 Å². The van der Waals surface area contributed by atoms with E-state index >= 15 is 0 Å². The summed E-state index contributed by atoms with van der Waals surface area (Å²) in [7, 11) is -0.421. The predicted molar refractivity (Wildman–Crippen MR) is 102 cm³/mol. The zero-order valence-corrected chi connectivity index (χ0v) is 17.2. The van der Waals surface area contributed by atoms with E-state index in [0.29, 0.717) is 12.3 Å². The van der Waals surface area contributed by atoms with Gasteiger partial charge in [-0.2, -0.15) is 0 Å². The highest BCUT2D eigenvalue weighted by Gasteiger charge is 2.19. The first-order valence-corrected chi connectivity index (χ1v) is 11.0. The third-order valence-corrected chi connectivity index (χ3v) is 7.92. The van der Waals surface area contributed by atoms with Crippen LogP contribution in [0.2, 0.25) is 0 Å². The van der Waals surface area contributed by atoms with Crippen LogP contribution in [0.1, 0.15) is 4.88 Å². The second-order valence-electron chi connectivity index (χ2n) is 5.03. The molecule has 1 aromatic heterocycles. The first-order chi connectivity index (χ1) is 11.3. The molecule has 0 spiro atoms. The molecule has 1 amide bonds. The largest absolute Gasteiger partial charge is 0.350 e. The van der Waals surface area contributed by atoms with Gasteiger partial charge in [0.1, 0.15) is 4.21 Å². The molecule has 1 heterocycles. The molecule has 9 heteroatoms. The van der Waals surface area contributed by atoms with Gasteiger partial charge in [-0.1, -0.05) is 15.9 Å². The number of nitrogens with zero attached hydrogens (tertiary/aromatic N) is 1. The molecule has 2 rings (SSSR count). The van der Waals surface area contributed by atoms with E-state index < -0.39 is 10.0 Å². The van der Waals surface area contributed by atoms with E-state index in [9.17, 15) is 13.2 Å². The second-order valence-corrected chi connectivity index (χ2v) is 10.5. The number of halogens is 1. The zero-order valence-electron chi connectivity index (χ0n) is 13.2. The summed E-state index contributed by atoms with van der Waals surface area (Å²) in [6.07, 6.45) is 0. The third kappa shape index (κ3) is 5.32. The average molecular weight is 449 g/mol. The van der Waals surface area contributed by atoms with Crippen molar-refractivity contribution in [2.45, 2.75) is 15.6 Å². The fourth-order valence-corrected chi connectivity index (χ4v) is 5.15. The molecule has 0 bridgehead atoms. The van der Waals surface area contributed by atoms with Crippen LogP contribution in [-0.4, -0.2) is 38.5 Å². The van der Waals surface area contributed by atoms with Crippen LogP contribution in [0.3, 0.4) is 0 Å². The smallest absolute Gasteiger partial charge is 0.252 e. The maximum atomic E-state index is 12.0. The van der Waals surface area contributed by atoms with Gasteiger partial charge in [0.2, 0.25) is 5.91 Å². The van der Waals surface area contributed by atoms with Crippen LogP contribution in [-0.2, 0) is 21.4 Å². The van der Waals surface area contributed by atoms with Crippen molar-refractivity contribution in [2.24, 2.45) is 0 Å². The molecule has 0 aliphatic heterocycles. The Bertz CT molecular complexity index is 802. The first-order valence-electron chi connectivity index (χ1n) is 6.95. The lowest BCUT2D eigenvalue weighted by Gasteiger charge is -2.08. The molecule has 130 valence electrons. The minimum atomic E-state index is -3.41. The van der Waals surface area contributed by atoms with Crippen LogP contribution in [0, 0.1) is 0 Å². The van der Waals surface area contributed by atoms with E-state index in [-0.39, 0.29) is 10.1 Å². The molecule has 0 atom stereocenters. The molecule has 1 aromatic carbocycles. The van der Waals surface area contributed by atoms with Gasteiger partial charge >= 0.3 is 0 Å². The third-order valence-electron chi connectivity index (χ3n) is 3.02. The normalized spacial score (nSPS) is 11.7. The molecule has 2 aromatic rings. The van der Waals surface area contributed by atoms with Crippen molar-refractivity contribution in [1.82, 2.24) is 9.62 Å². The van der Waals surface area contributed by atoms with Crippen molar-refractivity contribution in [3.63, 3.8) is 0 Å². The summed E-state index contributed by atoms with van der Waals surface area (Å²) in [5.41, 5.74) is 0. The molecule has 5 nitrogen and oxygen atoms in total. The summed E-state index contributed by atoms with van der Waals surface area (Å²) in [6, 6.07) is 11.0. The van der Waals surface area contributed by atoms with Crippen molar-refractivity contribution in [1.29, 1.82) is 0 Å². The molecule has 0 saturated carbocycles. The van der Waals surface area contributed by atoms with Crippen LogP contribution in [0.25, 0.3) is 0 Å². The number of sulfonamides is 1. The average Bonchev–Trinajstić information content (AvgIpc) is 3.02. The van der Waals surface area contributed by atoms with Crippen molar-refractivity contribution < 1.29 is 13.2 Å². The number of amides is 1. The number of nitrogens with one attached hydrogen (secondary N) is 1. The quantitative estimate of drug-likeness (QED) is 0.660. The van der Waals surface area contributed by atoms with Crippen molar-refractivity contribution in [3.8, 4) is 0 Å². The van der Waals surface area contributed by atoms with Crippen LogP contribution in [0.5, 0.6) is 0 Å². The minimum absolute atomic E-state index is 0.0895. The maximum absolute atomic E-state index is 12.0. The van der Waals surface area contributed by atoms with Crippen LogP contribution in [0.15, 0.2) is 50.0 Å². The number of thioether (sulfide) groups is 1. The number of carbonyl (C=O) groups excluding carboxylic acids is 1. The summed E-state index contributed by atoms with van der Waals surface area (Å²) in [5, 5.41) is 2.81. The van der Waals surface area contributed by atoms with Crippen molar-refractivity contribution in [2.75, 3.05) is 19.8 Å². The monoisotopic (exact) mass is 448 g/mol. The first kappa shape index (κ1) is 19.5. The summed E-state index contributed by atoms with van der Waals surface area (Å²) in [6.45, 7) is 0.327. The van der Waals surface area contributed by atoms with E-state index in [1.54, 1.807) is 12.1 Å². The molecule has 0 aliphatic rings. The molecule has 1 N–H and O–H groups in total. The Morgan fingerprint density at radius 2 is 1.88 bits per heavy atom. The van der Waals surface area contributed by atoms with Gasteiger partial charge in [-0.05, 0) is 36.4 Å². The van der Waals surface area contributed by atoms with Gasteiger partial charge in [-0.15, -0.1) is 23.1 Å². The molecule has 0 saturated heterocycles. The summed E-state index contributed by atoms with van der Waals surface area (Å²) in [5.74, 6) is 0.226. The Morgan fingerprint density at radius 1 is 1.21 bits per heavy atom. The van der Waals surface area contributed by atoms with Crippen molar-refractivity contribution >= 4 is 55.0 Å². The molecule has 0 radical (unpaired) electrons. The molecule has 0 fully saturated rings. The Kier molecular flexibility index (Phi) is 6.88. The number of hydrogen-bond donors (Lipinski definition) is 1. The number of benzene rings is 1. The Hall–Kier alpha value is -0.870. The van der Waals surface area contributed by atoms with Gasteiger partial charge in [0.05, 0.1) is 12.3 Å². The maximum Gasteiger partial charge on any atom is 0.252 e. The van der Waals surface area contributed by atoms with E-state index in [4.69, 9.17) is 0 Å². The highest BCUT2D eigenvalue weighted by atomic mass is 79.9. The molecule has 0 unspecified atom stereocenters. The second kappa shape index (κ2) is 8.48. The van der Waals surface area contributed by atoms with Gasteiger partial charge in [0.25, 0.3) is 10.0 Å². The van der Waals surface area contributed by atoms with E-state index in [2.05, 4.69) is 21.2 Å². The lowest BCUT2D eigenvalue weighted by atomic mass is 10.4. The zero-order chi connectivity index (χ0) is 17.7. The molecule has 24 heavy (non-hydrogen) atoms. The number of hydrogen-bond acceptors (Lipinski definition) is 5. The lowest BCUT2D eigenvalue weighted by Crippen LogP contribution is -2.24. The van der Waals surface area contributed by atoms with Gasteiger partial charge < -0.3 is 5.32 Å². The van der Waals surface area contributed by atoms with E-state index in [0.717, 1.165) is 14.2 Å². The summed E-state index contributed by atoms with van der Waals surface area (Å²) >= 11 is 5.99. The van der Waals surface area contributed by atoms with Crippen molar-refractivity contribution in [3.05, 3.63) is 45.7 Å². The summed E-state index contributed by atoms with van der Waals surface area (Å²) < 4.78 is 26.5. The number of rotatable bonds is 7. The van der Waals surface area contributed by atoms with Gasteiger partial charge in [0.15, 0.2) is 0 Å². The SMILES string of the molecule is CN(C)S(=O)(=O)c1ccc(CNC(=O)CSc2ccc(Br)cc2)s1. The molecule has 0 aliphatic carbocycles. The van der Waals surface area contributed by atoms with E-state index in [1.165, 1.54) is 41.5 Å². The Morgan fingerprint density at radius 3 is 2.50 bits per heavy atom. The van der Waals surface area contributed by atoms with Crippen LogP contribution < -0.4 is 5.32 Å². The fourth-order valence-electron chi connectivity index (χ4n) is 1.69. The topological polar surface area (TPSA) is 66.5 Å². The Balaban J connectivity index is 1.84. The number of carbonyl (C=O) groups is 1. The number of thiophene rings is 1. The molecular weight excluding hydrogens is 432 g/mol. The molecular formula is C15H17BrN2O3S3. The standard InChI is InChI=1S/C15H17BrN2O3S3/c1-18(2)24(20,21)15-8-7-13(23-15)9-17-14(19)10-22-12-5-3-11(16)4-6-12/h3-8H,9-10H2,1-2H3,(H,17,19). The Labute approximate surface area is 158 Å². The summed E-state index contributed by atoms with van der Waals surface area (Å²) in [4.78, 5) is 13.7. The predicted octanol–water partition coefficient (Wildman–Crippen LogP) is 3.17. The van der Waals surface area contributed by atoms with Gasteiger partial charge in [-0.3, -0.25) is 4.79 Å². The highest BCUT2D eigenvalue weighted by Crippen LogP contribution is 2.24. The highest BCUT2D eigenvalue weighted by molar-refractivity contribution is 9.10. The van der Waals surface area contributed by atoms with Crippen LogP contribution in [0.4, 0.5) is 0 Å². The lowest BCUT2D eigenvalue weighted by molar-refractivity contribution is -0.118. The fraction of sp³-hybridized carbons (Fsp3) is 0.267. The van der Waals surface area contributed by atoms with Gasteiger partial charge in [0, 0.05) is 28.3 Å². The minimum Gasteiger partial charge on any atom is -0.350 e. The van der Waals surface area contributed by atoms with Gasteiger partial charge in [-0.25, -0.2) is 12.7 Å².